The third kappa shape index (κ3) is 1.97. The lowest BCUT2D eigenvalue weighted by Crippen LogP contribution is -2.05. The molecule has 1 aromatic carbocycles. The molecule has 3 rings (SSSR count). The SMILES string of the molecule is CCOC(=O)c1cnc2c(sc3ccccc32)c1Cl. The van der Waals surface area contributed by atoms with Gasteiger partial charge >= 0.3 is 5.97 Å². The summed E-state index contributed by atoms with van der Waals surface area (Å²) in [6.45, 7) is 2.08. The summed E-state index contributed by atoms with van der Waals surface area (Å²) in [5.74, 6) is -0.431. The summed E-state index contributed by atoms with van der Waals surface area (Å²) >= 11 is 7.85. The van der Waals surface area contributed by atoms with Gasteiger partial charge in [-0.1, -0.05) is 29.8 Å². The lowest BCUT2D eigenvalue weighted by atomic mass is 10.2. The fourth-order valence-electron chi connectivity index (χ4n) is 1.97. The highest BCUT2D eigenvalue weighted by atomic mass is 35.5. The van der Waals surface area contributed by atoms with Crippen LogP contribution >= 0.6 is 22.9 Å². The van der Waals surface area contributed by atoms with Crippen molar-refractivity contribution in [1.82, 2.24) is 4.98 Å². The number of benzene rings is 1. The van der Waals surface area contributed by atoms with E-state index in [0.717, 1.165) is 20.3 Å². The molecule has 3 aromatic rings. The second-order valence-corrected chi connectivity index (χ2v) is 5.41. The standard InChI is InChI=1S/C14H10ClNO2S/c1-2-18-14(17)9-7-16-12-8-5-3-4-6-10(8)19-13(12)11(9)15/h3-7H,2H2,1H3. The first kappa shape index (κ1) is 12.4. The highest BCUT2D eigenvalue weighted by Gasteiger charge is 2.17. The quantitative estimate of drug-likeness (QED) is 0.662. The molecule has 0 unspecified atom stereocenters. The summed E-state index contributed by atoms with van der Waals surface area (Å²) in [7, 11) is 0. The fourth-order valence-corrected chi connectivity index (χ4v) is 3.40. The van der Waals surface area contributed by atoms with Crippen LogP contribution in [0.4, 0.5) is 0 Å². The number of halogens is 1. The molecule has 2 aromatic heterocycles. The van der Waals surface area contributed by atoms with Gasteiger partial charge in [-0.15, -0.1) is 11.3 Å². The van der Waals surface area contributed by atoms with Gasteiger partial charge in [-0.25, -0.2) is 4.79 Å². The molecule has 3 nitrogen and oxygen atoms in total. The van der Waals surface area contributed by atoms with E-state index in [9.17, 15) is 4.79 Å². The van der Waals surface area contributed by atoms with Crippen molar-refractivity contribution in [1.29, 1.82) is 0 Å². The van der Waals surface area contributed by atoms with E-state index in [1.54, 1.807) is 6.92 Å². The third-order valence-electron chi connectivity index (χ3n) is 2.82. The Hall–Kier alpha value is -1.65. The van der Waals surface area contributed by atoms with Gasteiger partial charge in [0.25, 0.3) is 0 Å². The van der Waals surface area contributed by atoms with Gasteiger partial charge in [-0.3, -0.25) is 4.98 Å². The Morgan fingerprint density at radius 2 is 2.21 bits per heavy atom. The molecule has 0 spiro atoms. The monoisotopic (exact) mass is 291 g/mol. The Kier molecular flexibility index (Phi) is 3.12. The van der Waals surface area contributed by atoms with E-state index in [0.29, 0.717) is 17.2 Å². The molecular formula is C14H10ClNO2S. The third-order valence-corrected chi connectivity index (χ3v) is 4.51. The molecule has 0 bridgehead atoms. The summed E-state index contributed by atoms with van der Waals surface area (Å²) in [6, 6.07) is 7.95. The number of hydrogen-bond donors (Lipinski definition) is 0. The molecule has 0 fully saturated rings. The summed E-state index contributed by atoms with van der Waals surface area (Å²) in [6.07, 6.45) is 1.49. The van der Waals surface area contributed by atoms with Crippen LogP contribution in [-0.2, 0) is 4.74 Å². The normalized spacial score (nSPS) is 11.1. The van der Waals surface area contributed by atoms with Crippen molar-refractivity contribution in [3.63, 3.8) is 0 Å². The van der Waals surface area contributed by atoms with E-state index in [2.05, 4.69) is 4.98 Å². The topological polar surface area (TPSA) is 39.2 Å². The van der Waals surface area contributed by atoms with Crippen LogP contribution in [0.2, 0.25) is 5.02 Å². The highest BCUT2D eigenvalue weighted by Crippen LogP contribution is 2.38. The zero-order valence-corrected chi connectivity index (χ0v) is 11.7. The second-order valence-electron chi connectivity index (χ2n) is 3.98. The molecule has 2 heterocycles. The minimum Gasteiger partial charge on any atom is -0.462 e. The van der Waals surface area contributed by atoms with Crippen molar-refractivity contribution in [2.45, 2.75) is 6.92 Å². The Labute approximate surface area is 118 Å². The number of aromatic nitrogens is 1. The highest BCUT2D eigenvalue weighted by molar-refractivity contribution is 7.26. The van der Waals surface area contributed by atoms with Gasteiger partial charge in [-0.2, -0.15) is 0 Å². The van der Waals surface area contributed by atoms with E-state index < -0.39 is 5.97 Å². The number of pyridine rings is 1. The first-order valence-corrected chi connectivity index (χ1v) is 7.04. The molecule has 0 atom stereocenters. The van der Waals surface area contributed by atoms with Crippen molar-refractivity contribution in [3.05, 3.63) is 41.0 Å². The van der Waals surface area contributed by atoms with Crippen molar-refractivity contribution in [2.24, 2.45) is 0 Å². The van der Waals surface area contributed by atoms with Gasteiger partial charge in [0, 0.05) is 16.3 Å². The van der Waals surface area contributed by atoms with E-state index in [4.69, 9.17) is 16.3 Å². The Morgan fingerprint density at radius 1 is 1.42 bits per heavy atom. The van der Waals surface area contributed by atoms with Crippen LogP contribution in [-0.4, -0.2) is 17.6 Å². The predicted octanol–water partition coefficient (Wildman–Crippen LogP) is 4.28. The van der Waals surface area contributed by atoms with Gasteiger partial charge in [0.15, 0.2) is 0 Å². The maximum absolute atomic E-state index is 11.8. The van der Waals surface area contributed by atoms with E-state index in [1.165, 1.54) is 17.5 Å². The fraction of sp³-hybridized carbons (Fsp3) is 0.143. The van der Waals surface area contributed by atoms with Crippen molar-refractivity contribution < 1.29 is 9.53 Å². The first-order chi connectivity index (χ1) is 9.22. The molecule has 0 saturated carbocycles. The summed E-state index contributed by atoms with van der Waals surface area (Å²) < 4.78 is 6.90. The zero-order valence-electron chi connectivity index (χ0n) is 10.1. The van der Waals surface area contributed by atoms with Gasteiger partial charge < -0.3 is 4.74 Å². The Morgan fingerprint density at radius 3 is 3.00 bits per heavy atom. The second kappa shape index (κ2) is 4.79. The molecule has 0 amide bonds. The number of carbonyl (C=O) groups is 1. The predicted molar refractivity (Wildman–Crippen MR) is 78.1 cm³/mol. The Bertz CT molecular complexity index is 782. The molecule has 19 heavy (non-hydrogen) atoms. The van der Waals surface area contributed by atoms with E-state index in [-0.39, 0.29) is 0 Å². The first-order valence-electron chi connectivity index (χ1n) is 5.85. The van der Waals surface area contributed by atoms with Crippen LogP contribution in [0.5, 0.6) is 0 Å². The average Bonchev–Trinajstić information content (AvgIpc) is 2.79. The van der Waals surface area contributed by atoms with Crippen LogP contribution in [0.1, 0.15) is 17.3 Å². The van der Waals surface area contributed by atoms with Crippen molar-refractivity contribution in [2.75, 3.05) is 6.61 Å². The average molecular weight is 292 g/mol. The van der Waals surface area contributed by atoms with Crippen LogP contribution in [0, 0.1) is 0 Å². The van der Waals surface area contributed by atoms with Gasteiger partial charge in [0.1, 0.15) is 0 Å². The van der Waals surface area contributed by atoms with Gasteiger partial charge in [0.05, 0.1) is 27.4 Å². The van der Waals surface area contributed by atoms with E-state index >= 15 is 0 Å². The van der Waals surface area contributed by atoms with Crippen molar-refractivity contribution in [3.8, 4) is 0 Å². The van der Waals surface area contributed by atoms with Crippen LogP contribution in [0.15, 0.2) is 30.5 Å². The molecule has 0 aliphatic rings. The molecule has 0 radical (unpaired) electrons. The summed E-state index contributed by atoms with van der Waals surface area (Å²) in [5.41, 5.74) is 1.15. The molecule has 0 saturated heterocycles. The smallest absolute Gasteiger partial charge is 0.341 e. The summed E-state index contributed by atoms with van der Waals surface area (Å²) in [5, 5.41) is 1.48. The molecule has 0 aliphatic heterocycles. The van der Waals surface area contributed by atoms with E-state index in [1.807, 2.05) is 24.3 Å². The molecule has 0 N–H and O–H groups in total. The minimum absolute atomic E-state index is 0.319. The minimum atomic E-state index is -0.431. The van der Waals surface area contributed by atoms with Crippen LogP contribution in [0.3, 0.4) is 0 Å². The zero-order chi connectivity index (χ0) is 13.4. The molecule has 96 valence electrons. The number of rotatable bonds is 2. The van der Waals surface area contributed by atoms with Gasteiger partial charge in [0.2, 0.25) is 0 Å². The van der Waals surface area contributed by atoms with Gasteiger partial charge in [-0.05, 0) is 13.0 Å². The number of esters is 1. The Balaban J connectivity index is 2.27. The number of nitrogens with zero attached hydrogens (tertiary/aromatic N) is 1. The van der Waals surface area contributed by atoms with Crippen molar-refractivity contribution >= 4 is 49.2 Å². The number of fused-ring (bicyclic) bond motifs is 3. The van der Waals surface area contributed by atoms with Crippen LogP contribution in [0.25, 0.3) is 20.3 Å². The molecule has 0 aliphatic carbocycles. The summed E-state index contributed by atoms with van der Waals surface area (Å²) in [4.78, 5) is 16.1. The van der Waals surface area contributed by atoms with Crippen LogP contribution < -0.4 is 0 Å². The lowest BCUT2D eigenvalue weighted by molar-refractivity contribution is 0.0526. The number of thiophene rings is 1. The number of ether oxygens (including phenoxy) is 1. The number of carbonyl (C=O) groups excluding carboxylic acids is 1. The number of hydrogen-bond acceptors (Lipinski definition) is 4. The molecular weight excluding hydrogens is 282 g/mol. The lowest BCUT2D eigenvalue weighted by Gasteiger charge is -2.03. The maximum atomic E-state index is 11.8. The molecule has 5 heteroatoms. The maximum Gasteiger partial charge on any atom is 0.341 e. The largest absolute Gasteiger partial charge is 0.462 e.